The Bertz CT molecular complexity index is 830. The van der Waals surface area contributed by atoms with Crippen molar-refractivity contribution in [3.63, 3.8) is 0 Å². The molecule has 1 amide bonds. The van der Waals surface area contributed by atoms with Gasteiger partial charge in [0.2, 0.25) is 5.91 Å². The molecule has 4 nitrogen and oxygen atoms in total. The lowest BCUT2D eigenvalue weighted by atomic mass is 9.72. The average Bonchev–Trinajstić information content (AvgIpc) is 2.91. The number of alkyl halides is 3. The molecule has 3 rings (SSSR count). The molecular weight excluding hydrogens is 447 g/mol. The molecule has 1 saturated carbocycles. The van der Waals surface area contributed by atoms with Gasteiger partial charge < -0.3 is 14.1 Å². The third-order valence-corrected chi connectivity index (χ3v) is 12.0. The maximum absolute atomic E-state index is 13.3. The number of benzene rings is 1. The van der Waals surface area contributed by atoms with E-state index in [1.165, 1.54) is 12.1 Å². The summed E-state index contributed by atoms with van der Waals surface area (Å²) in [7, 11) is -1.86. The van der Waals surface area contributed by atoms with Crippen molar-refractivity contribution in [2.75, 3.05) is 11.4 Å². The lowest BCUT2D eigenvalue weighted by Crippen LogP contribution is -2.46. The Hall–Kier alpha value is -1.25. The van der Waals surface area contributed by atoms with Crippen molar-refractivity contribution in [2.24, 2.45) is 5.41 Å². The van der Waals surface area contributed by atoms with E-state index in [1.807, 2.05) is 0 Å². The average molecular weight is 478 g/mol. The van der Waals surface area contributed by atoms with Crippen LogP contribution in [-0.2, 0) is 9.22 Å². The maximum atomic E-state index is 13.3. The molecule has 2 aliphatic rings. The molecule has 0 aromatic heterocycles. The fourth-order valence-corrected chi connectivity index (χ4v) is 5.97. The van der Waals surface area contributed by atoms with Gasteiger partial charge in [0.05, 0.1) is 16.1 Å². The number of anilines is 1. The van der Waals surface area contributed by atoms with Crippen molar-refractivity contribution in [1.29, 1.82) is 0 Å². The number of rotatable bonds is 4. The van der Waals surface area contributed by atoms with E-state index in [1.54, 1.807) is 4.90 Å². The van der Waals surface area contributed by atoms with Crippen molar-refractivity contribution < 1.29 is 27.1 Å². The van der Waals surface area contributed by atoms with Gasteiger partial charge in [0.15, 0.2) is 8.32 Å². The third kappa shape index (κ3) is 5.22. The third-order valence-electron chi connectivity index (χ3n) is 7.11. The van der Waals surface area contributed by atoms with Crippen molar-refractivity contribution in [2.45, 2.75) is 83.5 Å². The first kappa shape index (κ1) is 24.4. The normalized spacial score (nSPS) is 25.4. The molecule has 1 aromatic carbocycles. The Morgan fingerprint density at radius 2 is 1.74 bits per heavy atom. The van der Waals surface area contributed by atoms with E-state index >= 15 is 0 Å². The van der Waals surface area contributed by atoms with Gasteiger partial charge in [0.1, 0.15) is 5.75 Å². The van der Waals surface area contributed by atoms with Crippen LogP contribution in [0.3, 0.4) is 0 Å². The predicted molar refractivity (Wildman–Crippen MR) is 118 cm³/mol. The van der Waals surface area contributed by atoms with Crippen LogP contribution in [0.1, 0.15) is 52.9 Å². The van der Waals surface area contributed by atoms with Gasteiger partial charge in [-0.25, -0.2) is 0 Å². The quantitative estimate of drug-likeness (QED) is 0.441. The maximum Gasteiger partial charge on any atom is 0.573 e. The lowest BCUT2D eigenvalue weighted by molar-refractivity contribution is -0.274. The lowest BCUT2D eigenvalue weighted by Gasteiger charge is -2.43. The first-order chi connectivity index (χ1) is 14.1. The first-order valence-electron chi connectivity index (χ1n) is 10.7. The first-order valence-corrected chi connectivity index (χ1v) is 14.0. The number of nitrogens with zero attached hydrogens (tertiary/aromatic N) is 1. The van der Waals surface area contributed by atoms with Crippen molar-refractivity contribution in [3.8, 4) is 5.75 Å². The van der Waals surface area contributed by atoms with Crippen LogP contribution in [0.4, 0.5) is 18.9 Å². The molecule has 0 N–H and O–H groups in total. The summed E-state index contributed by atoms with van der Waals surface area (Å²) in [5.74, 6) is -0.393. The van der Waals surface area contributed by atoms with E-state index in [4.69, 9.17) is 16.0 Å². The highest BCUT2D eigenvalue weighted by Crippen LogP contribution is 2.49. The Kier molecular flexibility index (Phi) is 6.50. The highest BCUT2D eigenvalue weighted by molar-refractivity contribution is 6.74. The monoisotopic (exact) mass is 477 g/mol. The molecule has 1 aliphatic heterocycles. The summed E-state index contributed by atoms with van der Waals surface area (Å²) < 4.78 is 47.8. The summed E-state index contributed by atoms with van der Waals surface area (Å²) in [6.07, 6.45) is -0.686. The zero-order valence-electron chi connectivity index (χ0n) is 18.7. The second-order valence-corrected chi connectivity index (χ2v) is 15.4. The molecule has 1 aromatic rings. The number of hydrogen-bond donors (Lipinski definition) is 0. The number of carbonyl (C=O) groups is 1. The van der Waals surface area contributed by atoms with Crippen LogP contribution in [0.5, 0.6) is 5.75 Å². The summed E-state index contributed by atoms with van der Waals surface area (Å²) in [4.78, 5) is 14.9. The summed E-state index contributed by atoms with van der Waals surface area (Å²) in [5.41, 5.74) is -0.00434. The van der Waals surface area contributed by atoms with Crippen LogP contribution in [0, 0.1) is 5.41 Å². The molecule has 0 bridgehead atoms. The minimum Gasteiger partial charge on any atom is -0.414 e. The molecule has 1 spiro atoms. The Morgan fingerprint density at radius 3 is 2.26 bits per heavy atom. The summed E-state index contributed by atoms with van der Waals surface area (Å²) in [6.45, 7) is 11.7. The van der Waals surface area contributed by atoms with Gasteiger partial charge in [-0.05, 0) is 62.4 Å². The van der Waals surface area contributed by atoms with Crippen molar-refractivity contribution in [3.05, 3.63) is 23.2 Å². The van der Waals surface area contributed by atoms with Crippen LogP contribution in [0.15, 0.2) is 18.2 Å². The Labute approximate surface area is 188 Å². The molecule has 0 unspecified atom stereocenters. The van der Waals surface area contributed by atoms with Crippen LogP contribution in [0.2, 0.25) is 23.2 Å². The largest absolute Gasteiger partial charge is 0.573 e. The van der Waals surface area contributed by atoms with Gasteiger partial charge in [0, 0.05) is 18.7 Å². The molecule has 31 heavy (non-hydrogen) atoms. The molecule has 2 fully saturated rings. The minimum absolute atomic E-state index is 0.00432. The van der Waals surface area contributed by atoms with Gasteiger partial charge in [-0.2, -0.15) is 0 Å². The smallest absolute Gasteiger partial charge is 0.414 e. The molecule has 0 radical (unpaired) electrons. The van der Waals surface area contributed by atoms with Gasteiger partial charge in [-0.15, -0.1) is 13.2 Å². The van der Waals surface area contributed by atoms with Crippen LogP contribution >= 0.6 is 11.6 Å². The Balaban J connectivity index is 1.67. The highest BCUT2D eigenvalue weighted by Gasteiger charge is 2.50. The topological polar surface area (TPSA) is 38.8 Å². The van der Waals surface area contributed by atoms with Gasteiger partial charge >= 0.3 is 6.36 Å². The predicted octanol–water partition coefficient (Wildman–Crippen LogP) is 6.93. The summed E-state index contributed by atoms with van der Waals surface area (Å²) in [6, 6.07) is 3.72. The molecule has 1 heterocycles. The van der Waals surface area contributed by atoms with Crippen LogP contribution in [-0.4, -0.2) is 33.2 Å². The van der Waals surface area contributed by atoms with E-state index < -0.39 is 25.8 Å². The molecular formula is C22H31ClF3NO3Si. The standard InChI is InChI=1S/C22H31ClF3NO3Si/c1-20(2,3)31(4,5)30-15-8-10-21(11-9-15)12-13-27(19(21)28)18-7-6-16(14-17(18)23)29-22(24,25)26/h6-7,14-15H,8-13H2,1-5H3. The zero-order valence-corrected chi connectivity index (χ0v) is 20.5. The number of ether oxygens (including phenoxy) is 1. The van der Waals surface area contributed by atoms with Crippen LogP contribution < -0.4 is 9.64 Å². The molecule has 1 aliphatic carbocycles. The number of halogens is 4. The Morgan fingerprint density at radius 1 is 1.13 bits per heavy atom. The minimum atomic E-state index is -4.79. The van der Waals surface area contributed by atoms with Gasteiger partial charge in [-0.3, -0.25) is 4.79 Å². The summed E-state index contributed by atoms with van der Waals surface area (Å²) >= 11 is 6.21. The van der Waals surface area contributed by atoms with E-state index in [0.29, 0.717) is 12.2 Å². The zero-order chi connectivity index (χ0) is 23.2. The van der Waals surface area contributed by atoms with E-state index in [-0.39, 0.29) is 22.1 Å². The summed E-state index contributed by atoms with van der Waals surface area (Å²) in [5, 5.41) is 0.211. The highest BCUT2D eigenvalue weighted by atomic mass is 35.5. The van der Waals surface area contributed by atoms with Crippen molar-refractivity contribution in [1.82, 2.24) is 0 Å². The van der Waals surface area contributed by atoms with Gasteiger partial charge in [-0.1, -0.05) is 32.4 Å². The van der Waals surface area contributed by atoms with E-state index in [9.17, 15) is 18.0 Å². The van der Waals surface area contributed by atoms with Gasteiger partial charge in [0.25, 0.3) is 0 Å². The number of amides is 1. The number of carbonyl (C=O) groups excluding carboxylic acids is 1. The second kappa shape index (κ2) is 8.27. The molecule has 1 saturated heterocycles. The fourth-order valence-electron chi connectivity index (χ4n) is 4.27. The second-order valence-electron chi connectivity index (χ2n) is 10.2. The molecule has 9 heteroatoms. The SMILES string of the molecule is CC(C)(C)[Si](C)(C)OC1CCC2(CC1)CCN(c1ccc(OC(F)(F)F)cc1Cl)C2=O. The number of hydrogen-bond acceptors (Lipinski definition) is 3. The molecule has 0 atom stereocenters. The van der Waals surface area contributed by atoms with Crippen LogP contribution in [0.25, 0.3) is 0 Å². The van der Waals surface area contributed by atoms with Crippen molar-refractivity contribution >= 4 is 31.5 Å². The fraction of sp³-hybridized carbons (Fsp3) is 0.682. The van der Waals surface area contributed by atoms with E-state index in [0.717, 1.165) is 38.2 Å². The van der Waals surface area contributed by atoms with E-state index in [2.05, 4.69) is 38.6 Å². The molecule has 174 valence electrons.